The SMILES string of the molecule is COc1cccc(-c2ccc3ncc(N4CCOCC4)nc3c2)c1.Clc1ccc(-c2ccc3ncc(N4CCOCC4)nc3c2)c(Cl)c1. The summed E-state index contributed by atoms with van der Waals surface area (Å²) in [6.07, 6.45) is 3.67. The van der Waals surface area contributed by atoms with E-state index in [9.17, 15) is 0 Å². The number of halogens is 2. The summed E-state index contributed by atoms with van der Waals surface area (Å²) in [4.78, 5) is 23.1. The van der Waals surface area contributed by atoms with Gasteiger partial charge in [-0.05, 0) is 65.2 Å². The van der Waals surface area contributed by atoms with E-state index in [1.807, 2.05) is 67.0 Å². The highest BCUT2D eigenvalue weighted by Gasteiger charge is 2.15. The van der Waals surface area contributed by atoms with Crippen LogP contribution in [0.3, 0.4) is 0 Å². The minimum absolute atomic E-state index is 0.624. The Labute approximate surface area is 289 Å². The number of anilines is 2. The van der Waals surface area contributed by atoms with Crippen LogP contribution in [0.5, 0.6) is 5.75 Å². The molecule has 0 N–H and O–H groups in total. The highest BCUT2D eigenvalue weighted by atomic mass is 35.5. The van der Waals surface area contributed by atoms with Crippen LogP contribution >= 0.6 is 23.2 Å². The first-order valence-corrected chi connectivity index (χ1v) is 16.6. The van der Waals surface area contributed by atoms with Crippen molar-refractivity contribution in [3.63, 3.8) is 0 Å². The average Bonchev–Trinajstić information content (AvgIpc) is 3.15. The van der Waals surface area contributed by atoms with E-state index in [1.54, 1.807) is 13.2 Å². The molecule has 2 saturated heterocycles. The fraction of sp³-hybridized carbons (Fsp3) is 0.243. The zero-order valence-electron chi connectivity index (χ0n) is 26.5. The maximum Gasteiger partial charge on any atom is 0.148 e. The predicted molar refractivity (Wildman–Crippen MR) is 193 cm³/mol. The van der Waals surface area contributed by atoms with Crippen molar-refractivity contribution < 1.29 is 14.2 Å². The molecule has 0 spiro atoms. The fourth-order valence-electron chi connectivity index (χ4n) is 5.77. The lowest BCUT2D eigenvalue weighted by molar-refractivity contribution is 0.122. The smallest absolute Gasteiger partial charge is 0.148 e. The van der Waals surface area contributed by atoms with E-state index in [1.165, 1.54) is 0 Å². The monoisotopic (exact) mass is 680 g/mol. The molecule has 244 valence electrons. The number of morpholine rings is 2. The summed E-state index contributed by atoms with van der Waals surface area (Å²) in [5.41, 5.74) is 7.66. The van der Waals surface area contributed by atoms with Gasteiger partial charge in [0.1, 0.15) is 17.4 Å². The number of fused-ring (bicyclic) bond motifs is 2. The number of hydrogen-bond donors (Lipinski definition) is 0. The number of hydrogen-bond acceptors (Lipinski definition) is 9. The van der Waals surface area contributed by atoms with Crippen LogP contribution in [0.1, 0.15) is 0 Å². The van der Waals surface area contributed by atoms with Gasteiger partial charge in [0.25, 0.3) is 0 Å². The van der Waals surface area contributed by atoms with E-state index in [0.29, 0.717) is 10.0 Å². The molecule has 11 heteroatoms. The van der Waals surface area contributed by atoms with Gasteiger partial charge in [-0.25, -0.2) is 9.97 Å². The second-order valence-corrected chi connectivity index (χ2v) is 12.3. The minimum atomic E-state index is 0.624. The lowest BCUT2D eigenvalue weighted by Crippen LogP contribution is -2.36. The Bertz CT molecular complexity index is 2050. The molecule has 4 heterocycles. The fourth-order valence-corrected chi connectivity index (χ4v) is 6.28. The highest BCUT2D eigenvalue weighted by molar-refractivity contribution is 6.36. The van der Waals surface area contributed by atoms with E-state index in [2.05, 4.69) is 38.0 Å². The molecule has 6 aromatic rings. The molecular weight excluding hydrogens is 647 g/mol. The lowest BCUT2D eigenvalue weighted by Gasteiger charge is -2.27. The predicted octanol–water partition coefficient (Wildman–Crippen LogP) is 7.58. The molecule has 0 aliphatic carbocycles. The number of benzene rings is 4. The Morgan fingerprint density at radius 3 is 1.75 bits per heavy atom. The molecule has 2 aliphatic heterocycles. The van der Waals surface area contributed by atoms with E-state index >= 15 is 0 Å². The first-order chi connectivity index (χ1) is 23.5. The number of nitrogens with zero attached hydrogens (tertiary/aromatic N) is 6. The summed E-state index contributed by atoms with van der Waals surface area (Å²) in [5.74, 6) is 2.64. The standard InChI is InChI=1S/C19H19N3O2.C18H15Cl2N3O/c1-23-16-4-2-3-14(11-16)15-5-6-17-18(12-15)21-19(13-20-17)22-7-9-24-10-8-22;19-13-2-3-14(15(20)10-13)12-1-4-16-17(9-12)22-18(11-21-16)23-5-7-24-8-6-23/h2-6,11-13H,7-10H2,1H3;1-4,9-11H,5-8H2. The largest absolute Gasteiger partial charge is 0.497 e. The molecule has 48 heavy (non-hydrogen) atoms. The third kappa shape index (κ3) is 7.29. The second-order valence-electron chi connectivity index (χ2n) is 11.4. The minimum Gasteiger partial charge on any atom is -0.497 e. The van der Waals surface area contributed by atoms with Crippen molar-refractivity contribution in [3.8, 4) is 28.0 Å². The molecule has 8 rings (SSSR count). The maximum atomic E-state index is 6.33. The molecule has 2 aromatic heterocycles. The van der Waals surface area contributed by atoms with E-state index in [0.717, 1.165) is 114 Å². The molecule has 4 aromatic carbocycles. The molecule has 9 nitrogen and oxygen atoms in total. The Hall–Kier alpha value is -4.54. The van der Waals surface area contributed by atoms with Gasteiger partial charge in [0.05, 0.1) is 68.0 Å². The van der Waals surface area contributed by atoms with Crippen LogP contribution in [0.15, 0.2) is 91.3 Å². The van der Waals surface area contributed by atoms with Gasteiger partial charge in [-0.2, -0.15) is 0 Å². The van der Waals surface area contributed by atoms with Gasteiger partial charge >= 0.3 is 0 Å². The zero-order chi connectivity index (χ0) is 32.9. The van der Waals surface area contributed by atoms with E-state index in [-0.39, 0.29) is 0 Å². The Balaban J connectivity index is 0.000000152. The van der Waals surface area contributed by atoms with Gasteiger partial charge in [-0.1, -0.05) is 53.5 Å². The van der Waals surface area contributed by atoms with Crippen molar-refractivity contribution in [2.24, 2.45) is 0 Å². The van der Waals surface area contributed by atoms with Gasteiger partial charge in [0.15, 0.2) is 0 Å². The Morgan fingerprint density at radius 1 is 0.604 bits per heavy atom. The number of rotatable bonds is 5. The molecule has 2 fully saturated rings. The molecular formula is C37H34Cl2N6O3. The molecule has 0 bridgehead atoms. The summed E-state index contributed by atoms with van der Waals surface area (Å²) in [5, 5.41) is 1.25. The zero-order valence-corrected chi connectivity index (χ0v) is 28.0. The third-order valence-corrected chi connectivity index (χ3v) is 8.92. The van der Waals surface area contributed by atoms with Crippen molar-refractivity contribution in [2.45, 2.75) is 0 Å². The van der Waals surface area contributed by atoms with Crippen molar-refractivity contribution in [3.05, 3.63) is 101 Å². The summed E-state index contributed by atoms with van der Waals surface area (Å²) < 4.78 is 16.1. The summed E-state index contributed by atoms with van der Waals surface area (Å²) in [6, 6.07) is 25.7. The summed E-state index contributed by atoms with van der Waals surface area (Å²) in [7, 11) is 1.68. The number of aromatic nitrogens is 4. The maximum absolute atomic E-state index is 6.33. The summed E-state index contributed by atoms with van der Waals surface area (Å²) in [6.45, 7) is 6.31. The Kier molecular flexibility index (Phi) is 9.81. The average molecular weight is 682 g/mol. The van der Waals surface area contributed by atoms with Gasteiger partial charge in [-0.15, -0.1) is 0 Å². The van der Waals surface area contributed by atoms with Crippen LogP contribution in [-0.2, 0) is 9.47 Å². The lowest BCUT2D eigenvalue weighted by atomic mass is 10.0. The molecule has 0 saturated carbocycles. The van der Waals surface area contributed by atoms with Crippen molar-refractivity contribution in [1.29, 1.82) is 0 Å². The van der Waals surface area contributed by atoms with E-state index in [4.69, 9.17) is 47.4 Å². The molecule has 0 amide bonds. The topological polar surface area (TPSA) is 85.7 Å². The van der Waals surface area contributed by atoms with Crippen LogP contribution in [0.4, 0.5) is 11.6 Å². The molecule has 2 aliphatic rings. The second kappa shape index (κ2) is 14.7. The van der Waals surface area contributed by atoms with Crippen molar-refractivity contribution >= 4 is 56.9 Å². The Morgan fingerprint density at radius 2 is 1.17 bits per heavy atom. The van der Waals surface area contributed by atoms with Gasteiger partial charge in [0, 0.05) is 41.8 Å². The van der Waals surface area contributed by atoms with Crippen molar-refractivity contribution in [2.75, 3.05) is 69.5 Å². The quantitative estimate of drug-likeness (QED) is 0.183. The number of ether oxygens (including phenoxy) is 3. The van der Waals surface area contributed by atoms with E-state index < -0.39 is 0 Å². The molecule has 0 radical (unpaired) electrons. The summed E-state index contributed by atoms with van der Waals surface area (Å²) >= 11 is 12.3. The van der Waals surface area contributed by atoms with Crippen LogP contribution in [0.2, 0.25) is 10.0 Å². The molecule has 0 unspecified atom stereocenters. The van der Waals surface area contributed by atoms with Gasteiger partial charge in [-0.3, -0.25) is 9.97 Å². The van der Waals surface area contributed by atoms with Crippen LogP contribution < -0.4 is 14.5 Å². The first-order valence-electron chi connectivity index (χ1n) is 15.8. The number of methoxy groups -OCH3 is 1. The highest BCUT2D eigenvalue weighted by Crippen LogP contribution is 2.32. The normalized spacial score (nSPS) is 14.9. The van der Waals surface area contributed by atoms with Crippen molar-refractivity contribution in [1.82, 2.24) is 19.9 Å². The first kappa shape index (κ1) is 32.0. The third-order valence-electron chi connectivity index (χ3n) is 8.37. The van der Waals surface area contributed by atoms with Gasteiger partial charge < -0.3 is 24.0 Å². The van der Waals surface area contributed by atoms with Crippen LogP contribution in [0, 0.1) is 0 Å². The van der Waals surface area contributed by atoms with Crippen LogP contribution in [0.25, 0.3) is 44.3 Å². The van der Waals surface area contributed by atoms with Crippen LogP contribution in [-0.4, -0.2) is 79.7 Å². The molecule has 0 atom stereocenters. The van der Waals surface area contributed by atoms with Gasteiger partial charge in [0.2, 0.25) is 0 Å².